The van der Waals surface area contributed by atoms with Crippen LogP contribution in [0.1, 0.15) is 42.5 Å². The maximum absolute atomic E-state index is 12.8. The van der Waals surface area contributed by atoms with Crippen molar-refractivity contribution in [1.82, 2.24) is 24.8 Å². The fourth-order valence-electron chi connectivity index (χ4n) is 3.47. The van der Waals surface area contributed by atoms with Gasteiger partial charge in [0, 0.05) is 36.6 Å². The molecule has 0 aromatic carbocycles. The van der Waals surface area contributed by atoms with E-state index in [1.54, 1.807) is 6.08 Å². The SMILES string of the molecule is Cc1cccc(Nc2cc(C)nc([C@@H]3CCCCN3C(=O)/C=C/CN(C)C)n2)n1. The van der Waals surface area contributed by atoms with Crippen LogP contribution >= 0.6 is 0 Å². The van der Waals surface area contributed by atoms with Gasteiger partial charge in [-0.15, -0.1) is 0 Å². The molecule has 29 heavy (non-hydrogen) atoms. The minimum Gasteiger partial charge on any atom is -0.329 e. The summed E-state index contributed by atoms with van der Waals surface area (Å²) in [5.74, 6) is 2.16. The number of pyridine rings is 1. The lowest BCUT2D eigenvalue weighted by Gasteiger charge is -2.34. The minimum atomic E-state index is -0.105. The third kappa shape index (κ3) is 5.84. The fourth-order valence-corrected chi connectivity index (χ4v) is 3.47. The van der Waals surface area contributed by atoms with Crippen LogP contribution < -0.4 is 5.32 Å². The molecule has 7 nitrogen and oxygen atoms in total. The Kier molecular flexibility index (Phi) is 6.93. The topological polar surface area (TPSA) is 74.2 Å². The molecule has 0 bridgehead atoms. The molecule has 0 unspecified atom stereocenters. The van der Waals surface area contributed by atoms with Gasteiger partial charge < -0.3 is 15.1 Å². The molecule has 0 spiro atoms. The third-order valence-corrected chi connectivity index (χ3v) is 4.83. The molecule has 0 radical (unpaired) electrons. The number of anilines is 2. The summed E-state index contributed by atoms with van der Waals surface area (Å²) < 4.78 is 0. The zero-order valence-corrected chi connectivity index (χ0v) is 17.7. The Bertz CT molecular complexity index is 879. The van der Waals surface area contributed by atoms with Crippen molar-refractivity contribution >= 4 is 17.5 Å². The highest BCUT2D eigenvalue weighted by atomic mass is 16.2. The van der Waals surface area contributed by atoms with E-state index < -0.39 is 0 Å². The van der Waals surface area contributed by atoms with Crippen LogP contribution in [-0.2, 0) is 4.79 Å². The summed E-state index contributed by atoms with van der Waals surface area (Å²) in [6.45, 7) is 5.38. The number of piperidine rings is 1. The largest absolute Gasteiger partial charge is 0.329 e. The van der Waals surface area contributed by atoms with E-state index in [9.17, 15) is 4.79 Å². The van der Waals surface area contributed by atoms with Gasteiger partial charge in [-0.25, -0.2) is 15.0 Å². The Morgan fingerprint density at radius 2 is 2.00 bits per heavy atom. The smallest absolute Gasteiger partial charge is 0.246 e. The van der Waals surface area contributed by atoms with E-state index in [0.717, 1.165) is 49.6 Å². The zero-order valence-electron chi connectivity index (χ0n) is 17.7. The molecule has 3 rings (SSSR count). The van der Waals surface area contributed by atoms with Crippen molar-refractivity contribution < 1.29 is 4.79 Å². The van der Waals surface area contributed by atoms with Gasteiger partial charge in [0.25, 0.3) is 0 Å². The summed E-state index contributed by atoms with van der Waals surface area (Å²) in [5, 5.41) is 3.27. The first-order valence-corrected chi connectivity index (χ1v) is 10.1. The predicted molar refractivity (Wildman–Crippen MR) is 115 cm³/mol. The van der Waals surface area contributed by atoms with E-state index in [1.807, 2.05) is 68.1 Å². The lowest BCUT2D eigenvalue weighted by molar-refractivity contribution is -0.129. The van der Waals surface area contributed by atoms with Crippen molar-refractivity contribution in [3.05, 3.63) is 53.6 Å². The standard InChI is InChI=1S/C22H30N6O/c1-16-9-7-11-19(23-16)25-20-15-17(2)24-22(26-20)18-10-5-6-14-28(18)21(29)12-8-13-27(3)4/h7-9,11-12,15,18H,5-6,10,13-14H2,1-4H3,(H,23,24,25,26)/b12-8+/t18-/m0/s1. The number of carbonyl (C=O) groups is 1. The fraction of sp³-hybridized carbons (Fsp3) is 0.455. The average Bonchev–Trinajstić information content (AvgIpc) is 2.67. The molecule has 1 saturated heterocycles. The van der Waals surface area contributed by atoms with E-state index >= 15 is 0 Å². The summed E-state index contributed by atoms with van der Waals surface area (Å²) >= 11 is 0. The van der Waals surface area contributed by atoms with Crippen molar-refractivity contribution in [2.75, 3.05) is 32.5 Å². The highest BCUT2D eigenvalue weighted by Gasteiger charge is 2.29. The van der Waals surface area contributed by atoms with Gasteiger partial charge in [0.2, 0.25) is 5.91 Å². The number of nitrogens with one attached hydrogen (secondary N) is 1. The Labute approximate surface area is 172 Å². The third-order valence-electron chi connectivity index (χ3n) is 4.83. The molecule has 1 atom stereocenters. The van der Waals surface area contributed by atoms with Crippen molar-refractivity contribution in [2.45, 2.75) is 39.2 Å². The second-order valence-electron chi connectivity index (χ2n) is 7.75. The summed E-state index contributed by atoms with van der Waals surface area (Å²) in [4.78, 5) is 30.6. The molecule has 1 N–H and O–H groups in total. The number of rotatable bonds is 6. The molecule has 154 valence electrons. The number of hydrogen-bond donors (Lipinski definition) is 1. The average molecular weight is 395 g/mol. The van der Waals surface area contributed by atoms with Crippen LogP contribution in [0, 0.1) is 13.8 Å². The van der Waals surface area contributed by atoms with Crippen LogP contribution in [0.2, 0.25) is 0 Å². The lowest BCUT2D eigenvalue weighted by atomic mass is 10.0. The molecule has 2 aromatic heterocycles. The number of likely N-dealkylation sites (tertiary alicyclic amines) is 1. The van der Waals surface area contributed by atoms with Crippen LogP contribution in [0.25, 0.3) is 0 Å². The van der Waals surface area contributed by atoms with Crippen molar-refractivity contribution in [1.29, 1.82) is 0 Å². The van der Waals surface area contributed by atoms with Gasteiger partial charge in [-0.2, -0.15) is 0 Å². The predicted octanol–water partition coefficient (Wildman–Crippen LogP) is 3.40. The first kappa shape index (κ1) is 20.9. The van der Waals surface area contributed by atoms with Crippen LogP contribution in [0.3, 0.4) is 0 Å². The molecule has 1 aliphatic rings. The van der Waals surface area contributed by atoms with E-state index in [0.29, 0.717) is 11.6 Å². The summed E-state index contributed by atoms with van der Waals surface area (Å²) in [5.41, 5.74) is 1.81. The van der Waals surface area contributed by atoms with Gasteiger partial charge in [0.05, 0.1) is 6.04 Å². The first-order valence-electron chi connectivity index (χ1n) is 10.1. The Morgan fingerprint density at radius 1 is 1.17 bits per heavy atom. The van der Waals surface area contributed by atoms with Crippen molar-refractivity contribution in [3.8, 4) is 0 Å². The number of hydrogen-bond acceptors (Lipinski definition) is 6. The second-order valence-corrected chi connectivity index (χ2v) is 7.75. The van der Waals surface area contributed by atoms with E-state index in [2.05, 4.69) is 15.3 Å². The summed E-state index contributed by atoms with van der Waals surface area (Å²) in [6, 6.07) is 7.62. The number of amides is 1. The van der Waals surface area contributed by atoms with Crippen molar-refractivity contribution in [3.63, 3.8) is 0 Å². The molecular weight excluding hydrogens is 364 g/mol. The van der Waals surface area contributed by atoms with Gasteiger partial charge in [-0.1, -0.05) is 12.1 Å². The molecule has 1 fully saturated rings. The Balaban J connectivity index is 1.82. The van der Waals surface area contributed by atoms with E-state index in [1.165, 1.54) is 0 Å². The number of likely N-dealkylation sites (N-methyl/N-ethyl adjacent to an activating group) is 1. The maximum Gasteiger partial charge on any atom is 0.246 e. The number of aromatic nitrogens is 3. The molecule has 2 aromatic rings. The van der Waals surface area contributed by atoms with Crippen LogP contribution in [0.5, 0.6) is 0 Å². The van der Waals surface area contributed by atoms with Gasteiger partial charge in [0.1, 0.15) is 11.6 Å². The van der Waals surface area contributed by atoms with Crippen LogP contribution in [0.15, 0.2) is 36.4 Å². The quantitative estimate of drug-likeness (QED) is 0.757. The number of aryl methyl sites for hydroxylation is 2. The molecule has 1 amide bonds. The van der Waals surface area contributed by atoms with Gasteiger partial charge in [0.15, 0.2) is 5.82 Å². The summed E-state index contributed by atoms with van der Waals surface area (Å²) in [7, 11) is 3.97. The summed E-state index contributed by atoms with van der Waals surface area (Å²) in [6.07, 6.45) is 6.52. The number of carbonyl (C=O) groups excluding carboxylic acids is 1. The second kappa shape index (κ2) is 9.60. The van der Waals surface area contributed by atoms with E-state index in [-0.39, 0.29) is 11.9 Å². The minimum absolute atomic E-state index is 0.0246. The Hall–Kier alpha value is -2.80. The van der Waals surface area contributed by atoms with E-state index in [4.69, 9.17) is 4.98 Å². The van der Waals surface area contributed by atoms with Gasteiger partial charge in [-0.3, -0.25) is 4.79 Å². The first-order chi connectivity index (χ1) is 13.9. The highest BCUT2D eigenvalue weighted by molar-refractivity contribution is 5.88. The normalized spacial score (nSPS) is 17.1. The maximum atomic E-state index is 12.8. The number of nitrogens with zero attached hydrogens (tertiary/aromatic N) is 5. The molecule has 1 aliphatic heterocycles. The molecule has 3 heterocycles. The molecule has 0 saturated carbocycles. The lowest BCUT2D eigenvalue weighted by Crippen LogP contribution is -2.38. The molecule has 0 aliphatic carbocycles. The van der Waals surface area contributed by atoms with Crippen molar-refractivity contribution in [2.24, 2.45) is 0 Å². The van der Waals surface area contributed by atoms with Crippen LogP contribution in [0.4, 0.5) is 11.6 Å². The van der Waals surface area contributed by atoms with Crippen LogP contribution in [-0.4, -0.2) is 57.8 Å². The van der Waals surface area contributed by atoms with Gasteiger partial charge >= 0.3 is 0 Å². The van der Waals surface area contributed by atoms with Gasteiger partial charge in [-0.05, 0) is 59.3 Å². The Morgan fingerprint density at radius 3 is 2.76 bits per heavy atom. The highest BCUT2D eigenvalue weighted by Crippen LogP contribution is 2.30. The zero-order chi connectivity index (χ0) is 20.8. The monoisotopic (exact) mass is 394 g/mol. The molecular formula is C22H30N6O. The molecule has 7 heteroatoms.